The third-order valence-corrected chi connectivity index (χ3v) is 4.80. The number of nitrogens with zero attached hydrogens (tertiary/aromatic N) is 2. The Morgan fingerprint density at radius 1 is 1.09 bits per heavy atom. The number of oxime groups is 1. The summed E-state index contributed by atoms with van der Waals surface area (Å²) in [6.07, 6.45) is -4.76. The molecule has 1 saturated heterocycles. The Kier molecular flexibility index (Phi) is 7.67. The molecule has 2 N–H and O–H groups in total. The first-order chi connectivity index (χ1) is 15.6. The third kappa shape index (κ3) is 7.03. The number of piperidine rings is 1. The van der Waals surface area contributed by atoms with E-state index in [0.29, 0.717) is 18.6 Å². The molecule has 0 aromatic heterocycles. The van der Waals surface area contributed by atoms with Crippen LogP contribution in [0.5, 0.6) is 0 Å². The van der Waals surface area contributed by atoms with Gasteiger partial charge in [0.05, 0.1) is 0 Å². The number of likely N-dealkylation sites (tertiary alicyclic amines) is 1. The molecule has 2 aromatic carbocycles. The Labute approximate surface area is 193 Å². The molecule has 0 unspecified atom stereocenters. The predicted molar refractivity (Wildman–Crippen MR) is 107 cm³/mol. The van der Waals surface area contributed by atoms with Crippen molar-refractivity contribution in [3.63, 3.8) is 0 Å². The summed E-state index contributed by atoms with van der Waals surface area (Å²) in [5, 5.41) is 8.64. The van der Waals surface area contributed by atoms with E-state index in [1.807, 2.05) is 0 Å². The summed E-state index contributed by atoms with van der Waals surface area (Å²) in [5.74, 6) is -1.12. The van der Waals surface area contributed by atoms with Crippen molar-refractivity contribution in [2.75, 3.05) is 23.7 Å². The van der Waals surface area contributed by atoms with Crippen LogP contribution in [0.3, 0.4) is 0 Å². The number of alkyl halides is 3. The number of halogens is 4. The van der Waals surface area contributed by atoms with Crippen LogP contribution in [0.25, 0.3) is 0 Å². The number of amides is 2. The van der Waals surface area contributed by atoms with Crippen molar-refractivity contribution in [1.29, 1.82) is 0 Å². The normalized spacial score (nSPS) is 13.6. The zero-order valence-corrected chi connectivity index (χ0v) is 17.8. The minimum absolute atomic E-state index is 0.0796. The number of anilines is 2. The molecule has 1 fully saturated rings. The Morgan fingerprint density at radius 3 is 2.45 bits per heavy atom. The molecule has 2 amide bonds. The number of rotatable bonds is 5. The van der Waals surface area contributed by atoms with E-state index in [1.165, 1.54) is 23.1 Å². The van der Waals surface area contributed by atoms with Crippen molar-refractivity contribution >= 4 is 33.7 Å². The average molecular weight is 507 g/mol. The van der Waals surface area contributed by atoms with Crippen LogP contribution in [-0.4, -0.2) is 40.3 Å². The Bertz CT molecular complexity index is 1060. The molecule has 1 aliphatic rings. The quantitative estimate of drug-likeness (QED) is 0.367. The number of hydrogen-bond acceptors (Lipinski definition) is 5. The summed E-state index contributed by atoms with van der Waals surface area (Å²) in [6.45, 7) is 0.493. The molecule has 2 aromatic rings. The molecule has 0 spiro atoms. The number of hydrogen-bond donors (Lipinski definition) is 2. The van der Waals surface area contributed by atoms with Gasteiger partial charge < -0.3 is 0 Å². The first kappa shape index (κ1) is 24.2. The summed E-state index contributed by atoms with van der Waals surface area (Å²) >= 11 is 4.15. The van der Waals surface area contributed by atoms with Crippen molar-refractivity contribution in [2.45, 2.75) is 19.0 Å². The second kappa shape index (κ2) is 10.5. The summed E-state index contributed by atoms with van der Waals surface area (Å²) < 4.78 is 51.2. The summed E-state index contributed by atoms with van der Waals surface area (Å²) in [4.78, 5) is 30.5. The van der Waals surface area contributed by atoms with E-state index in [2.05, 4.69) is 43.2 Å². The average Bonchev–Trinajstić information content (AvgIpc) is 2.79. The molecule has 12 heteroatoms. The van der Waals surface area contributed by atoms with Crippen molar-refractivity contribution in [3.05, 3.63) is 59.9 Å². The van der Waals surface area contributed by atoms with Gasteiger partial charge in [0.15, 0.2) is 5.82 Å². The summed E-state index contributed by atoms with van der Waals surface area (Å²) in [6, 6.07) is 11.3. The van der Waals surface area contributed by atoms with E-state index < -0.39 is 29.6 Å². The van der Waals surface area contributed by atoms with E-state index in [0.717, 1.165) is 18.2 Å². The molecule has 0 radical (unpaired) electrons. The van der Waals surface area contributed by atoms with E-state index in [-0.39, 0.29) is 29.0 Å². The van der Waals surface area contributed by atoms with Gasteiger partial charge >= 0.3 is 171 Å². The van der Waals surface area contributed by atoms with Gasteiger partial charge in [-0.15, -0.1) is 0 Å². The zero-order valence-electron chi connectivity index (χ0n) is 16.8. The molecule has 33 heavy (non-hydrogen) atoms. The van der Waals surface area contributed by atoms with Crippen molar-refractivity contribution < 1.29 is 47.3 Å². The number of carbonyl (C=O) groups is 2. The fraction of sp³-hybridized carbons (Fsp3) is 0.238. The van der Waals surface area contributed by atoms with Gasteiger partial charge in [0.25, 0.3) is 0 Å². The SMILES string of the molecule is O=C(Nc1c#cc(F)cc1)ON=C1CCN(C(=O)[C](=[Co])Nc2cccc(C(F)(F)F)c2)CC1. The summed E-state index contributed by atoms with van der Waals surface area (Å²) in [7, 11) is 0. The fourth-order valence-electron chi connectivity index (χ4n) is 2.82. The molecule has 175 valence electrons. The van der Waals surface area contributed by atoms with Gasteiger partial charge in [0.1, 0.15) is 0 Å². The van der Waals surface area contributed by atoms with Gasteiger partial charge in [-0.05, 0) is 12.1 Å². The molecule has 1 aliphatic heterocycles. The van der Waals surface area contributed by atoms with Crippen LogP contribution >= 0.6 is 0 Å². The molecule has 0 saturated carbocycles. The van der Waals surface area contributed by atoms with Crippen LogP contribution in [0.1, 0.15) is 18.4 Å². The molecular weight excluding hydrogens is 491 g/mol. The van der Waals surface area contributed by atoms with Gasteiger partial charge in [0, 0.05) is 0 Å². The molecule has 0 aliphatic carbocycles. The van der Waals surface area contributed by atoms with Crippen molar-refractivity contribution in [1.82, 2.24) is 4.90 Å². The Morgan fingerprint density at radius 2 is 1.82 bits per heavy atom. The van der Waals surface area contributed by atoms with Crippen LogP contribution in [-0.2, 0) is 31.1 Å². The number of nitrogens with one attached hydrogen (secondary N) is 2. The first-order valence-corrected chi connectivity index (χ1v) is 10.0. The number of carbonyl (C=O) groups excluding carboxylic acids is 2. The fourth-order valence-corrected chi connectivity index (χ4v) is 3.13. The second-order valence-electron chi connectivity index (χ2n) is 6.79. The van der Waals surface area contributed by atoms with Crippen molar-refractivity contribution in [3.8, 4) is 0 Å². The number of benzene rings is 1. The first-order valence-electron chi connectivity index (χ1n) is 9.49. The second-order valence-corrected chi connectivity index (χ2v) is 7.31. The van der Waals surface area contributed by atoms with Crippen LogP contribution in [0.15, 0.2) is 41.6 Å². The van der Waals surface area contributed by atoms with Crippen molar-refractivity contribution in [2.24, 2.45) is 5.16 Å². The summed E-state index contributed by atoms with van der Waals surface area (Å²) in [5.41, 5.74) is -0.0729. The molecule has 0 bridgehead atoms. The monoisotopic (exact) mass is 507 g/mol. The van der Waals surface area contributed by atoms with Gasteiger partial charge in [-0.25, -0.2) is 0 Å². The topological polar surface area (TPSA) is 83.0 Å². The van der Waals surface area contributed by atoms with Crippen LogP contribution in [0, 0.1) is 17.9 Å². The zero-order chi connectivity index (χ0) is 24.0. The van der Waals surface area contributed by atoms with Crippen LogP contribution in [0.2, 0.25) is 0 Å². The van der Waals surface area contributed by atoms with Gasteiger partial charge in [-0.1, -0.05) is 0 Å². The van der Waals surface area contributed by atoms with Gasteiger partial charge in [0.2, 0.25) is 0 Å². The molecule has 3 rings (SSSR count). The Hall–Kier alpha value is -3.43. The van der Waals surface area contributed by atoms with Gasteiger partial charge in [-0.3, -0.25) is 0 Å². The van der Waals surface area contributed by atoms with E-state index in [1.54, 1.807) is 0 Å². The third-order valence-electron chi connectivity index (χ3n) is 4.45. The van der Waals surface area contributed by atoms with E-state index in [9.17, 15) is 27.2 Å². The maximum atomic E-state index is 12.8. The van der Waals surface area contributed by atoms with Crippen LogP contribution < -0.4 is 10.6 Å². The van der Waals surface area contributed by atoms with E-state index >= 15 is 0 Å². The van der Waals surface area contributed by atoms with E-state index in [4.69, 9.17) is 4.84 Å². The standard InChI is InChI=1S/C21H16F4N4O3.Co/c22-15-4-6-16(7-5-15)27-20(31)32-28-17-8-10-29(11-9-17)19(30)13-26-18-3-1-2-14(12-18)21(23,24)25;/h1-4,6,12,26H,8-11H2,(H,27,31);. The molecule has 1 heterocycles. The van der Waals surface area contributed by atoms with Gasteiger partial charge in [-0.2, -0.15) is 4.39 Å². The van der Waals surface area contributed by atoms with Crippen LogP contribution in [0.4, 0.5) is 33.7 Å². The predicted octanol–water partition coefficient (Wildman–Crippen LogP) is 3.76. The molecule has 7 nitrogen and oxygen atoms in total. The minimum atomic E-state index is -4.50. The Balaban J connectivity index is 1.47. The maximum absolute atomic E-state index is 12.8. The molecule has 0 atom stereocenters. The molecular formula is C21H16CoF4N4O3.